The molecule has 0 unspecified atom stereocenters. The van der Waals surface area contributed by atoms with Crippen molar-refractivity contribution in [1.82, 2.24) is 4.90 Å². The highest BCUT2D eigenvalue weighted by Crippen LogP contribution is 2.21. The highest BCUT2D eigenvalue weighted by Gasteiger charge is 2.22. The first-order valence-electron chi connectivity index (χ1n) is 7.24. The van der Waals surface area contributed by atoms with Gasteiger partial charge in [-0.3, -0.25) is 4.79 Å². The number of benzene rings is 1. The van der Waals surface area contributed by atoms with Crippen LogP contribution in [0.15, 0.2) is 18.2 Å². The lowest BCUT2D eigenvalue weighted by atomic mass is 10.1. The number of amides is 1. The predicted molar refractivity (Wildman–Crippen MR) is 82.2 cm³/mol. The number of carbonyl (C=O) groups excluding carboxylic acids is 1. The number of hydrogen-bond acceptors (Lipinski definition) is 3. The van der Waals surface area contributed by atoms with Crippen molar-refractivity contribution < 1.29 is 9.53 Å². The molecular weight excluding hydrogens is 252 g/mol. The Labute approximate surface area is 121 Å². The first-order chi connectivity index (χ1) is 9.58. The number of carbonyl (C=O) groups is 1. The van der Waals surface area contributed by atoms with Gasteiger partial charge in [-0.15, -0.1) is 0 Å². The molecule has 0 atom stereocenters. The molecule has 0 radical (unpaired) electrons. The number of ether oxygens (including phenoxy) is 1. The summed E-state index contributed by atoms with van der Waals surface area (Å²) in [5.74, 6) is 0.774. The van der Waals surface area contributed by atoms with Crippen LogP contribution in [-0.4, -0.2) is 37.0 Å². The topological polar surface area (TPSA) is 55.6 Å². The van der Waals surface area contributed by atoms with E-state index in [-0.39, 0.29) is 11.9 Å². The molecule has 0 bridgehead atoms. The second-order valence-electron chi connectivity index (χ2n) is 4.94. The average molecular weight is 278 g/mol. The van der Waals surface area contributed by atoms with Gasteiger partial charge in [0.05, 0.1) is 7.11 Å². The molecule has 0 aliphatic carbocycles. The van der Waals surface area contributed by atoms with Crippen LogP contribution in [-0.2, 0) is 0 Å². The summed E-state index contributed by atoms with van der Waals surface area (Å²) in [7, 11) is 1.62. The zero-order valence-corrected chi connectivity index (χ0v) is 13.0. The van der Waals surface area contributed by atoms with Crippen molar-refractivity contribution in [2.24, 2.45) is 5.73 Å². The van der Waals surface area contributed by atoms with Crippen LogP contribution >= 0.6 is 0 Å². The third-order valence-electron chi connectivity index (χ3n) is 3.67. The summed E-state index contributed by atoms with van der Waals surface area (Å²) in [6.45, 7) is 7.22. The minimum atomic E-state index is 0.0300. The van der Waals surface area contributed by atoms with Gasteiger partial charge < -0.3 is 15.4 Å². The van der Waals surface area contributed by atoms with Crippen molar-refractivity contribution in [2.45, 2.75) is 39.7 Å². The summed E-state index contributed by atoms with van der Waals surface area (Å²) in [5.41, 5.74) is 7.34. The van der Waals surface area contributed by atoms with Gasteiger partial charge in [-0.25, -0.2) is 0 Å². The zero-order valence-electron chi connectivity index (χ0n) is 13.0. The molecule has 0 fully saturated rings. The first-order valence-corrected chi connectivity index (χ1v) is 7.24. The van der Waals surface area contributed by atoms with Gasteiger partial charge in [0.1, 0.15) is 5.75 Å². The van der Waals surface area contributed by atoms with Gasteiger partial charge in [0.25, 0.3) is 5.91 Å². The highest BCUT2D eigenvalue weighted by molar-refractivity contribution is 5.95. The third kappa shape index (κ3) is 3.73. The summed E-state index contributed by atoms with van der Waals surface area (Å²) in [4.78, 5) is 14.6. The van der Waals surface area contributed by atoms with E-state index in [1.165, 1.54) is 0 Å². The van der Waals surface area contributed by atoms with Gasteiger partial charge >= 0.3 is 0 Å². The minimum Gasteiger partial charge on any atom is -0.496 e. The Bertz CT molecular complexity index is 442. The molecule has 112 valence electrons. The maximum Gasteiger partial charge on any atom is 0.254 e. The fraction of sp³-hybridized carbons (Fsp3) is 0.562. The average Bonchev–Trinajstić information content (AvgIpc) is 2.47. The van der Waals surface area contributed by atoms with Gasteiger partial charge in [-0.2, -0.15) is 0 Å². The summed E-state index contributed by atoms with van der Waals surface area (Å²) in [6, 6.07) is 5.81. The molecule has 1 aromatic carbocycles. The van der Waals surface area contributed by atoms with Crippen molar-refractivity contribution in [1.29, 1.82) is 0 Å². The molecule has 4 nitrogen and oxygen atoms in total. The smallest absolute Gasteiger partial charge is 0.254 e. The van der Waals surface area contributed by atoms with E-state index in [0.717, 1.165) is 24.2 Å². The number of hydrogen-bond donors (Lipinski definition) is 1. The summed E-state index contributed by atoms with van der Waals surface area (Å²) < 4.78 is 5.29. The number of methoxy groups -OCH3 is 1. The number of aryl methyl sites for hydroxylation is 1. The van der Waals surface area contributed by atoms with E-state index in [1.54, 1.807) is 7.11 Å². The Morgan fingerprint density at radius 3 is 2.50 bits per heavy atom. The van der Waals surface area contributed by atoms with Gasteiger partial charge in [0, 0.05) is 24.7 Å². The lowest BCUT2D eigenvalue weighted by Gasteiger charge is -2.30. The largest absolute Gasteiger partial charge is 0.496 e. The van der Waals surface area contributed by atoms with E-state index in [2.05, 4.69) is 13.8 Å². The maximum atomic E-state index is 12.7. The SMILES string of the molecule is CCC(CC)N(CCN)C(=O)c1ccc(C)c(OC)c1. The highest BCUT2D eigenvalue weighted by atomic mass is 16.5. The fourth-order valence-electron chi connectivity index (χ4n) is 2.44. The number of rotatable bonds is 7. The normalized spacial score (nSPS) is 10.7. The Morgan fingerprint density at radius 2 is 2.00 bits per heavy atom. The van der Waals surface area contributed by atoms with Crippen molar-refractivity contribution in [3.05, 3.63) is 29.3 Å². The molecule has 1 rings (SSSR count). The van der Waals surface area contributed by atoms with E-state index in [9.17, 15) is 4.79 Å². The molecule has 0 spiro atoms. The molecule has 0 aromatic heterocycles. The Balaban J connectivity index is 3.05. The summed E-state index contributed by atoms with van der Waals surface area (Å²) in [5, 5.41) is 0. The molecule has 1 aromatic rings. The zero-order chi connectivity index (χ0) is 15.1. The minimum absolute atomic E-state index is 0.0300. The van der Waals surface area contributed by atoms with Crippen molar-refractivity contribution in [3.8, 4) is 5.75 Å². The van der Waals surface area contributed by atoms with Crippen LogP contribution in [0.2, 0.25) is 0 Å². The molecule has 0 aliphatic heterocycles. The molecule has 0 saturated heterocycles. The van der Waals surface area contributed by atoms with Crippen LogP contribution < -0.4 is 10.5 Å². The summed E-state index contributed by atoms with van der Waals surface area (Å²) in [6.07, 6.45) is 1.87. The predicted octanol–water partition coefficient (Wildman–Crippen LogP) is 2.59. The quantitative estimate of drug-likeness (QED) is 0.834. The Morgan fingerprint density at radius 1 is 1.35 bits per heavy atom. The second kappa shape index (κ2) is 7.90. The molecule has 0 saturated carbocycles. The van der Waals surface area contributed by atoms with E-state index >= 15 is 0 Å². The van der Waals surface area contributed by atoms with Gasteiger partial charge in [-0.1, -0.05) is 19.9 Å². The number of nitrogens with two attached hydrogens (primary N) is 1. The van der Waals surface area contributed by atoms with E-state index in [0.29, 0.717) is 18.7 Å². The molecule has 2 N–H and O–H groups in total. The summed E-state index contributed by atoms with van der Waals surface area (Å²) >= 11 is 0. The van der Waals surface area contributed by atoms with Crippen LogP contribution in [0.4, 0.5) is 0 Å². The molecule has 0 heterocycles. The Hall–Kier alpha value is -1.55. The lowest BCUT2D eigenvalue weighted by molar-refractivity contribution is 0.0674. The molecular formula is C16H26N2O2. The molecule has 0 aliphatic rings. The molecule has 1 amide bonds. The first kappa shape index (κ1) is 16.5. The van der Waals surface area contributed by atoms with Gasteiger partial charge in [0.2, 0.25) is 0 Å². The van der Waals surface area contributed by atoms with Crippen molar-refractivity contribution in [2.75, 3.05) is 20.2 Å². The van der Waals surface area contributed by atoms with Crippen LogP contribution in [0, 0.1) is 6.92 Å². The molecule has 20 heavy (non-hydrogen) atoms. The van der Waals surface area contributed by atoms with E-state index in [1.807, 2.05) is 30.0 Å². The Kier molecular flexibility index (Phi) is 6.52. The van der Waals surface area contributed by atoms with Crippen LogP contribution in [0.5, 0.6) is 5.75 Å². The van der Waals surface area contributed by atoms with Gasteiger partial charge in [0.15, 0.2) is 0 Å². The van der Waals surface area contributed by atoms with E-state index in [4.69, 9.17) is 10.5 Å². The van der Waals surface area contributed by atoms with Gasteiger partial charge in [-0.05, 0) is 37.5 Å². The number of nitrogens with zero attached hydrogens (tertiary/aromatic N) is 1. The van der Waals surface area contributed by atoms with Crippen molar-refractivity contribution >= 4 is 5.91 Å². The molecule has 4 heteroatoms. The van der Waals surface area contributed by atoms with Crippen LogP contribution in [0.25, 0.3) is 0 Å². The third-order valence-corrected chi connectivity index (χ3v) is 3.67. The van der Waals surface area contributed by atoms with Crippen LogP contribution in [0.3, 0.4) is 0 Å². The van der Waals surface area contributed by atoms with Crippen LogP contribution in [0.1, 0.15) is 42.6 Å². The second-order valence-corrected chi connectivity index (χ2v) is 4.94. The monoisotopic (exact) mass is 278 g/mol. The lowest BCUT2D eigenvalue weighted by Crippen LogP contribution is -2.42. The standard InChI is InChI=1S/C16H26N2O2/c1-5-14(6-2)18(10-9-17)16(19)13-8-7-12(3)15(11-13)20-4/h7-8,11,14H,5-6,9-10,17H2,1-4H3. The van der Waals surface area contributed by atoms with Crippen molar-refractivity contribution in [3.63, 3.8) is 0 Å². The fourth-order valence-corrected chi connectivity index (χ4v) is 2.44. The maximum absolute atomic E-state index is 12.7. The van der Waals surface area contributed by atoms with E-state index < -0.39 is 0 Å².